The third-order valence-corrected chi connectivity index (χ3v) is 4.54. The van der Waals surface area contributed by atoms with Gasteiger partial charge in [0.05, 0.1) is 29.0 Å². The van der Waals surface area contributed by atoms with Crippen LogP contribution < -0.4 is 5.73 Å². The van der Waals surface area contributed by atoms with Crippen molar-refractivity contribution >= 4 is 45.4 Å². The van der Waals surface area contributed by atoms with Gasteiger partial charge in [0.1, 0.15) is 0 Å². The number of hydrogen-bond acceptors (Lipinski definition) is 5. The van der Waals surface area contributed by atoms with Gasteiger partial charge in [-0.2, -0.15) is 0 Å². The second-order valence-electron chi connectivity index (χ2n) is 5.46. The summed E-state index contributed by atoms with van der Waals surface area (Å²) in [6.07, 6.45) is 6.87. The number of halogens is 1. The maximum absolute atomic E-state index is 9.03. The van der Waals surface area contributed by atoms with E-state index in [1.807, 2.05) is 18.2 Å². The summed E-state index contributed by atoms with van der Waals surface area (Å²) in [7, 11) is 0. The van der Waals surface area contributed by atoms with Crippen molar-refractivity contribution in [3.63, 3.8) is 0 Å². The zero-order valence-corrected chi connectivity index (χ0v) is 14.1. The highest BCUT2D eigenvalue weighted by molar-refractivity contribution is 14.1. The Labute approximate surface area is 142 Å². The van der Waals surface area contributed by atoms with E-state index in [2.05, 4.69) is 37.6 Å². The molecule has 1 aromatic carbocycles. The van der Waals surface area contributed by atoms with Crippen LogP contribution in [0.5, 0.6) is 0 Å². The lowest BCUT2D eigenvalue weighted by Crippen LogP contribution is -2.29. The number of aliphatic imine (C=N–C) groups is 1. The highest BCUT2D eigenvalue weighted by atomic mass is 127. The van der Waals surface area contributed by atoms with Gasteiger partial charge in [0.15, 0.2) is 0 Å². The Morgan fingerprint density at radius 2 is 2.23 bits per heavy atom. The van der Waals surface area contributed by atoms with Gasteiger partial charge < -0.3 is 10.8 Å². The fourth-order valence-corrected chi connectivity index (χ4v) is 2.95. The molecule has 1 heterocycles. The van der Waals surface area contributed by atoms with Crippen LogP contribution in [-0.2, 0) is 0 Å². The number of nitrogens with zero attached hydrogens (tertiary/aromatic N) is 3. The van der Waals surface area contributed by atoms with E-state index in [1.165, 1.54) is 6.20 Å². The van der Waals surface area contributed by atoms with Crippen molar-refractivity contribution in [2.75, 3.05) is 6.61 Å². The van der Waals surface area contributed by atoms with Gasteiger partial charge in [0, 0.05) is 28.2 Å². The molecule has 0 aliphatic heterocycles. The predicted molar refractivity (Wildman–Crippen MR) is 96.5 cm³/mol. The molecular weight excluding hydrogens is 391 g/mol. The van der Waals surface area contributed by atoms with Gasteiger partial charge in [0.2, 0.25) is 0 Å². The molecule has 0 radical (unpaired) electrons. The van der Waals surface area contributed by atoms with E-state index >= 15 is 0 Å². The Balaban J connectivity index is 1.80. The molecule has 3 rings (SSSR count). The number of aromatic nitrogens is 2. The van der Waals surface area contributed by atoms with Crippen LogP contribution in [0.3, 0.4) is 0 Å². The lowest BCUT2D eigenvalue weighted by molar-refractivity contribution is 0.145. The molecular formula is C16H17IN4O. The minimum atomic E-state index is 0.250. The largest absolute Gasteiger partial charge is 0.404 e. The predicted octanol–water partition coefficient (Wildman–Crippen LogP) is 2.38. The number of aliphatic hydroxyl groups is 1. The molecule has 0 unspecified atom stereocenters. The summed E-state index contributed by atoms with van der Waals surface area (Å²) in [6, 6.07) is 6.24. The molecule has 3 N–H and O–H groups in total. The van der Waals surface area contributed by atoms with E-state index in [-0.39, 0.29) is 12.6 Å². The number of benzene rings is 1. The highest BCUT2D eigenvalue weighted by Gasteiger charge is 2.27. The average Bonchev–Trinajstić information content (AvgIpc) is 2.49. The summed E-state index contributed by atoms with van der Waals surface area (Å²) < 4.78 is 1.12. The monoisotopic (exact) mass is 408 g/mol. The highest BCUT2D eigenvalue weighted by Crippen LogP contribution is 2.29. The maximum Gasteiger partial charge on any atom is 0.0922 e. The van der Waals surface area contributed by atoms with E-state index in [4.69, 9.17) is 10.8 Å². The number of fused-ring (bicyclic) bond motifs is 1. The van der Waals surface area contributed by atoms with E-state index < -0.39 is 0 Å². The first-order valence-corrected chi connectivity index (χ1v) is 8.26. The Bertz CT molecular complexity index is 738. The van der Waals surface area contributed by atoms with Crippen molar-refractivity contribution in [3.05, 3.63) is 39.9 Å². The summed E-state index contributed by atoms with van der Waals surface area (Å²) in [5.41, 5.74) is 8.91. The fraction of sp³-hybridized carbons (Fsp3) is 0.312. The molecule has 1 aliphatic rings. The van der Waals surface area contributed by atoms with E-state index in [0.717, 1.165) is 38.7 Å². The van der Waals surface area contributed by atoms with Gasteiger partial charge in [-0.15, -0.1) is 0 Å². The number of aliphatic hydroxyl groups excluding tert-OH is 1. The second kappa shape index (κ2) is 6.70. The van der Waals surface area contributed by atoms with Crippen LogP contribution in [0.1, 0.15) is 18.5 Å². The first kappa shape index (κ1) is 15.4. The zero-order valence-electron chi connectivity index (χ0n) is 12.0. The lowest BCUT2D eigenvalue weighted by atomic mass is 9.81. The molecule has 6 heteroatoms. The topological polar surface area (TPSA) is 84.4 Å². The van der Waals surface area contributed by atoms with Gasteiger partial charge >= 0.3 is 0 Å². The normalized spacial score (nSPS) is 22.2. The molecule has 114 valence electrons. The third-order valence-electron chi connectivity index (χ3n) is 3.87. The smallest absolute Gasteiger partial charge is 0.0922 e. The first-order valence-electron chi connectivity index (χ1n) is 7.18. The van der Waals surface area contributed by atoms with Crippen molar-refractivity contribution in [3.8, 4) is 0 Å². The van der Waals surface area contributed by atoms with Crippen LogP contribution in [0.25, 0.3) is 16.6 Å². The molecule has 0 atom stereocenters. The Hall–Kier alpha value is -1.54. The third kappa shape index (κ3) is 3.27. The average molecular weight is 408 g/mol. The van der Waals surface area contributed by atoms with Gasteiger partial charge in [0.25, 0.3) is 0 Å². The van der Waals surface area contributed by atoms with Gasteiger partial charge in [-0.3, -0.25) is 9.98 Å². The zero-order chi connectivity index (χ0) is 15.5. The molecule has 1 saturated carbocycles. The van der Waals surface area contributed by atoms with Crippen molar-refractivity contribution in [1.29, 1.82) is 0 Å². The summed E-state index contributed by atoms with van der Waals surface area (Å²) in [5, 5.41) is 9.03. The molecule has 5 nitrogen and oxygen atoms in total. The van der Waals surface area contributed by atoms with Crippen molar-refractivity contribution in [2.24, 2.45) is 16.6 Å². The summed E-state index contributed by atoms with van der Waals surface area (Å²) >= 11 is 2.26. The minimum Gasteiger partial charge on any atom is -0.404 e. The summed E-state index contributed by atoms with van der Waals surface area (Å²) in [6.45, 7) is 0.250. The minimum absolute atomic E-state index is 0.250. The number of rotatable bonds is 4. The number of allylic oxidation sites excluding steroid dienone is 1. The molecule has 0 bridgehead atoms. The SMILES string of the molecule is NC=C(C=NC1CC(CO)C1)c1cnc2ccc(I)cc2n1. The molecule has 0 saturated heterocycles. The summed E-state index contributed by atoms with van der Waals surface area (Å²) in [5.74, 6) is 0.398. The van der Waals surface area contributed by atoms with E-state index in [1.54, 1.807) is 12.4 Å². The van der Waals surface area contributed by atoms with Crippen molar-refractivity contribution < 1.29 is 5.11 Å². The Morgan fingerprint density at radius 3 is 2.95 bits per heavy atom. The molecule has 22 heavy (non-hydrogen) atoms. The lowest BCUT2D eigenvalue weighted by Gasteiger charge is -2.30. The Morgan fingerprint density at radius 1 is 1.41 bits per heavy atom. The number of nitrogens with two attached hydrogens (primary N) is 1. The molecule has 1 fully saturated rings. The quantitative estimate of drug-likeness (QED) is 0.601. The van der Waals surface area contributed by atoms with Crippen LogP contribution in [-0.4, -0.2) is 33.9 Å². The molecule has 0 spiro atoms. The van der Waals surface area contributed by atoms with Gasteiger partial charge in [-0.25, -0.2) is 4.98 Å². The molecule has 0 amide bonds. The molecule has 1 aliphatic carbocycles. The van der Waals surface area contributed by atoms with Crippen LogP contribution in [0.4, 0.5) is 0 Å². The van der Waals surface area contributed by atoms with Crippen LogP contribution in [0, 0.1) is 9.49 Å². The van der Waals surface area contributed by atoms with Gasteiger partial charge in [-0.1, -0.05) is 0 Å². The Kier molecular flexibility index (Phi) is 4.68. The van der Waals surface area contributed by atoms with Gasteiger partial charge in [-0.05, 0) is 59.5 Å². The maximum atomic E-state index is 9.03. The standard InChI is InChI=1S/C16H17IN4O/c17-12-1-2-14-15(5-12)21-16(8-20-14)11(6-18)7-19-13-3-10(4-13)9-22/h1-2,5-8,10,13,22H,3-4,9,18H2. The van der Waals surface area contributed by atoms with Crippen molar-refractivity contribution in [2.45, 2.75) is 18.9 Å². The second-order valence-corrected chi connectivity index (χ2v) is 6.71. The van der Waals surface area contributed by atoms with Crippen molar-refractivity contribution in [1.82, 2.24) is 9.97 Å². The fourth-order valence-electron chi connectivity index (χ4n) is 2.48. The number of hydrogen-bond donors (Lipinski definition) is 2. The van der Waals surface area contributed by atoms with E-state index in [0.29, 0.717) is 5.92 Å². The summed E-state index contributed by atoms with van der Waals surface area (Å²) in [4.78, 5) is 13.6. The molecule has 2 aromatic rings. The first-order chi connectivity index (χ1) is 10.7. The molecule has 1 aromatic heterocycles. The van der Waals surface area contributed by atoms with Crippen LogP contribution in [0.15, 0.2) is 35.6 Å². The van der Waals surface area contributed by atoms with E-state index in [9.17, 15) is 0 Å². The van der Waals surface area contributed by atoms with Crippen LogP contribution in [0.2, 0.25) is 0 Å². The van der Waals surface area contributed by atoms with Crippen LogP contribution >= 0.6 is 22.6 Å².